The second-order valence-electron chi connectivity index (χ2n) is 4.11. The highest BCUT2D eigenvalue weighted by molar-refractivity contribution is 5.78. The fraction of sp³-hybridized carbons (Fsp3) is 0.900. The Labute approximate surface area is 84.4 Å². The lowest BCUT2D eigenvalue weighted by Crippen LogP contribution is -2.39. The first-order chi connectivity index (χ1) is 6.84. The quantitative estimate of drug-likeness (QED) is 0.658. The number of ether oxygens (including phenoxy) is 1. The lowest BCUT2D eigenvalue weighted by Gasteiger charge is -2.19. The summed E-state index contributed by atoms with van der Waals surface area (Å²) in [5.74, 6) is 0.173. The molecule has 4 nitrogen and oxygen atoms in total. The van der Waals surface area contributed by atoms with E-state index in [0.717, 1.165) is 32.6 Å². The maximum atomic E-state index is 11.0. The third-order valence-corrected chi connectivity index (χ3v) is 2.90. The van der Waals surface area contributed by atoms with Gasteiger partial charge in [0.05, 0.1) is 0 Å². The van der Waals surface area contributed by atoms with Gasteiger partial charge in [0.2, 0.25) is 5.91 Å². The first kappa shape index (κ1) is 9.93. The second kappa shape index (κ2) is 4.75. The van der Waals surface area contributed by atoms with Gasteiger partial charge >= 0.3 is 0 Å². The number of hydrogen-bond acceptors (Lipinski definition) is 3. The van der Waals surface area contributed by atoms with Crippen LogP contribution in [-0.2, 0) is 9.53 Å². The van der Waals surface area contributed by atoms with Crippen molar-refractivity contribution in [3.05, 3.63) is 0 Å². The van der Waals surface area contributed by atoms with Gasteiger partial charge in [-0.15, -0.1) is 0 Å². The molecular formula is C10H18N2O2. The van der Waals surface area contributed by atoms with Gasteiger partial charge in [0, 0.05) is 38.3 Å². The normalized spacial score (nSPS) is 33.9. The van der Waals surface area contributed by atoms with E-state index < -0.39 is 0 Å². The van der Waals surface area contributed by atoms with E-state index in [9.17, 15) is 4.79 Å². The smallest absolute Gasteiger partial charge is 0.221 e. The SMILES string of the molecule is O=C1CC(NC2CCCOCC2)CN1. The predicted octanol–water partition coefficient (Wildman–Crippen LogP) is 0.0336. The van der Waals surface area contributed by atoms with Crippen LogP contribution in [0.5, 0.6) is 0 Å². The van der Waals surface area contributed by atoms with E-state index in [1.165, 1.54) is 6.42 Å². The number of carbonyl (C=O) groups is 1. The Morgan fingerprint density at radius 3 is 3.00 bits per heavy atom. The average molecular weight is 198 g/mol. The van der Waals surface area contributed by atoms with Crippen LogP contribution in [0.4, 0.5) is 0 Å². The molecule has 0 spiro atoms. The summed E-state index contributed by atoms with van der Waals surface area (Å²) in [6.07, 6.45) is 4.01. The van der Waals surface area contributed by atoms with E-state index in [0.29, 0.717) is 18.5 Å². The van der Waals surface area contributed by atoms with Crippen LogP contribution in [0, 0.1) is 0 Å². The van der Waals surface area contributed by atoms with Crippen molar-refractivity contribution in [3.8, 4) is 0 Å². The fourth-order valence-electron chi connectivity index (χ4n) is 2.13. The molecule has 2 saturated heterocycles. The number of hydrogen-bond donors (Lipinski definition) is 2. The largest absolute Gasteiger partial charge is 0.381 e. The van der Waals surface area contributed by atoms with E-state index in [-0.39, 0.29) is 5.91 Å². The molecule has 2 unspecified atom stereocenters. The molecule has 0 radical (unpaired) electrons. The molecule has 0 saturated carbocycles. The summed E-state index contributed by atoms with van der Waals surface area (Å²) in [7, 11) is 0. The molecule has 2 N–H and O–H groups in total. The monoisotopic (exact) mass is 198 g/mol. The number of rotatable bonds is 2. The Morgan fingerprint density at radius 2 is 2.21 bits per heavy atom. The minimum Gasteiger partial charge on any atom is -0.381 e. The van der Waals surface area contributed by atoms with Crippen LogP contribution in [0.15, 0.2) is 0 Å². The summed E-state index contributed by atoms with van der Waals surface area (Å²) >= 11 is 0. The fourth-order valence-corrected chi connectivity index (χ4v) is 2.13. The molecule has 0 aromatic rings. The van der Waals surface area contributed by atoms with Crippen molar-refractivity contribution in [3.63, 3.8) is 0 Å². The maximum Gasteiger partial charge on any atom is 0.221 e. The Hall–Kier alpha value is -0.610. The van der Waals surface area contributed by atoms with Crippen LogP contribution in [-0.4, -0.2) is 37.7 Å². The van der Waals surface area contributed by atoms with Gasteiger partial charge in [0.25, 0.3) is 0 Å². The molecule has 0 aliphatic carbocycles. The number of nitrogens with one attached hydrogen (secondary N) is 2. The van der Waals surface area contributed by atoms with Crippen LogP contribution >= 0.6 is 0 Å². The van der Waals surface area contributed by atoms with Crippen molar-refractivity contribution < 1.29 is 9.53 Å². The Morgan fingerprint density at radius 1 is 1.29 bits per heavy atom. The molecule has 2 heterocycles. The highest BCUT2D eigenvalue weighted by atomic mass is 16.5. The lowest BCUT2D eigenvalue weighted by atomic mass is 10.1. The van der Waals surface area contributed by atoms with Gasteiger partial charge in [0.1, 0.15) is 0 Å². The minimum absolute atomic E-state index is 0.173. The summed E-state index contributed by atoms with van der Waals surface area (Å²) in [4.78, 5) is 11.0. The predicted molar refractivity (Wildman–Crippen MR) is 53.0 cm³/mol. The molecule has 14 heavy (non-hydrogen) atoms. The van der Waals surface area contributed by atoms with Crippen molar-refractivity contribution in [1.29, 1.82) is 0 Å². The topological polar surface area (TPSA) is 50.4 Å². The zero-order valence-electron chi connectivity index (χ0n) is 8.42. The second-order valence-corrected chi connectivity index (χ2v) is 4.11. The van der Waals surface area contributed by atoms with E-state index in [4.69, 9.17) is 4.74 Å². The molecule has 2 atom stereocenters. The molecule has 0 aromatic heterocycles. The number of carbonyl (C=O) groups excluding carboxylic acids is 1. The minimum atomic E-state index is 0.173. The number of amides is 1. The lowest BCUT2D eigenvalue weighted by molar-refractivity contribution is -0.119. The average Bonchev–Trinajstić information content (AvgIpc) is 2.43. The van der Waals surface area contributed by atoms with Gasteiger partial charge in [-0.2, -0.15) is 0 Å². The van der Waals surface area contributed by atoms with Gasteiger partial charge in [-0.05, 0) is 19.3 Å². The van der Waals surface area contributed by atoms with Crippen molar-refractivity contribution in [1.82, 2.24) is 10.6 Å². The summed E-state index contributed by atoms with van der Waals surface area (Å²) < 4.78 is 5.39. The molecule has 1 amide bonds. The molecular weight excluding hydrogens is 180 g/mol. The first-order valence-electron chi connectivity index (χ1n) is 5.45. The van der Waals surface area contributed by atoms with Crippen molar-refractivity contribution in [2.45, 2.75) is 37.8 Å². The molecule has 2 fully saturated rings. The zero-order valence-corrected chi connectivity index (χ0v) is 8.42. The molecule has 0 bridgehead atoms. The molecule has 2 rings (SSSR count). The molecule has 0 aromatic carbocycles. The molecule has 2 aliphatic heterocycles. The van der Waals surface area contributed by atoms with Crippen LogP contribution in [0.1, 0.15) is 25.7 Å². The van der Waals surface area contributed by atoms with Gasteiger partial charge in [-0.25, -0.2) is 0 Å². The first-order valence-corrected chi connectivity index (χ1v) is 5.45. The Kier molecular flexibility index (Phi) is 3.37. The third kappa shape index (κ3) is 2.69. The van der Waals surface area contributed by atoms with Gasteiger partial charge < -0.3 is 15.4 Å². The van der Waals surface area contributed by atoms with Gasteiger partial charge in [0.15, 0.2) is 0 Å². The third-order valence-electron chi connectivity index (χ3n) is 2.90. The summed E-state index contributed by atoms with van der Waals surface area (Å²) in [5, 5.41) is 6.37. The van der Waals surface area contributed by atoms with E-state index >= 15 is 0 Å². The molecule has 4 heteroatoms. The summed E-state index contributed by atoms with van der Waals surface area (Å²) in [6, 6.07) is 0.876. The maximum absolute atomic E-state index is 11.0. The van der Waals surface area contributed by atoms with Crippen LogP contribution in [0.3, 0.4) is 0 Å². The van der Waals surface area contributed by atoms with Crippen LogP contribution < -0.4 is 10.6 Å². The standard InChI is InChI=1S/C10H18N2O2/c13-10-6-9(7-11-10)12-8-2-1-4-14-5-3-8/h8-9,12H,1-7H2,(H,11,13). The zero-order chi connectivity index (χ0) is 9.80. The Balaban J connectivity index is 1.75. The summed E-state index contributed by atoms with van der Waals surface area (Å²) in [5.41, 5.74) is 0. The van der Waals surface area contributed by atoms with Gasteiger partial charge in [-0.1, -0.05) is 0 Å². The van der Waals surface area contributed by atoms with Crippen LogP contribution in [0.2, 0.25) is 0 Å². The van der Waals surface area contributed by atoms with Crippen molar-refractivity contribution >= 4 is 5.91 Å². The van der Waals surface area contributed by atoms with Crippen LogP contribution in [0.25, 0.3) is 0 Å². The van der Waals surface area contributed by atoms with E-state index in [2.05, 4.69) is 10.6 Å². The molecule has 2 aliphatic rings. The highest BCUT2D eigenvalue weighted by Gasteiger charge is 2.24. The van der Waals surface area contributed by atoms with Crippen molar-refractivity contribution in [2.75, 3.05) is 19.8 Å². The van der Waals surface area contributed by atoms with E-state index in [1.807, 2.05) is 0 Å². The summed E-state index contributed by atoms with van der Waals surface area (Å²) in [6.45, 7) is 2.53. The van der Waals surface area contributed by atoms with Crippen molar-refractivity contribution in [2.24, 2.45) is 0 Å². The Bertz CT molecular complexity index is 200. The highest BCUT2D eigenvalue weighted by Crippen LogP contribution is 2.10. The van der Waals surface area contributed by atoms with E-state index in [1.54, 1.807) is 0 Å². The molecule has 80 valence electrons. The van der Waals surface area contributed by atoms with Gasteiger partial charge in [-0.3, -0.25) is 4.79 Å².